The molecule has 3 N–H and O–H groups in total. The van der Waals surface area contributed by atoms with Crippen molar-refractivity contribution in [3.05, 3.63) is 23.5 Å². The molecule has 0 saturated carbocycles. The van der Waals surface area contributed by atoms with Crippen molar-refractivity contribution in [2.24, 2.45) is 0 Å². The molecule has 0 radical (unpaired) electrons. The number of carbonyl (C=O) groups is 1. The fraction of sp³-hybridized carbons (Fsp3) is 0.364. The van der Waals surface area contributed by atoms with E-state index in [1.165, 1.54) is 25.9 Å². The van der Waals surface area contributed by atoms with E-state index in [9.17, 15) is 17.6 Å². The Morgan fingerprint density at radius 2 is 2.00 bits per heavy atom. The monoisotopic (exact) mass is 289 g/mol. The highest BCUT2D eigenvalue weighted by molar-refractivity contribution is 7.89. The second-order valence-electron chi connectivity index (χ2n) is 4.24. The van der Waals surface area contributed by atoms with Crippen LogP contribution in [0.4, 0.5) is 10.1 Å². The van der Waals surface area contributed by atoms with Gasteiger partial charge in [-0.1, -0.05) is 0 Å². The van der Waals surface area contributed by atoms with Crippen LogP contribution in [0.3, 0.4) is 0 Å². The number of nitrogen functional groups attached to an aromatic ring is 1. The highest BCUT2D eigenvalue weighted by atomic mass is 32.2. The second-order valence-corrected chi connectivity index (χ2v) is 5.97. The van der Waals surface area contributed by atoms with Gasteiger partial charge in [-0.15, -0.1) is 0 Å². The van der Waals surface area contributed by atoms with Crippen LogP contribution in [0.2, 0.25) is 0 Å². The van der Waals surface area contributed by atoms with Crippen molar-refractivity contribution in [2.45, 2.75) is 11.8 Å². The van der Waals surface area contributed by atoms with Gasteiger partial charge in [0.2, 0.25) is 15.9 Å². The number of rotatable bonds is 4. The molecule has 0 aromatic heterocycles. The summed E-state index contributed by atoms with van der Waals surface area (Å²) in [4.78, 5) is 12.3. The maximum atomic E-state index is 13.5. The Morgan fingerprint density at radius 1 is 1.42 bits per heavy atom. The molecule has 1 aromatic rings. The third kappa shape index (κ3) is 3.65. The molecule has 0 atom stereocenters. The molecular weight excluding hydrogens is 273 g/mol. The van der Waals surface area contributed by atoms with Crippen LogP contribution in [0.25, 0.3) is 0 Å². The molecule has 1 rings (SSSR count). The Kier molecular flexibility index (Phi) is 4.48. The largest absolute Gasteiger partial charge is 0.399 e. The van der Waals surface area contributed by atoms with Crippen LogP contribution in [0.1, 0.15) is 5.56 Å². The highest BCUT2D eigenvalue weighted by Crippen LogP contribution is 2.21. The zero-order valence-electron chi connectivity index (χ0n) is 10.9. The lowest BCUT2D eigenvalue weighted by Crippen LogP contribution is -2.36. The summed E-state index contributed by atoms with van der Waals surface area (Å²) in [6.07, 6.45) is 0. The number of amides is 1. The molecule has 19 heavy (non-hydrogen) atoms. The molecule has 1 aromatic carbocycles. The summed E-state index contributed by atoms with van der Waals surface area (Å²) in [6, 6.07) is 2.19. The first-order valence-electron chi connectivity index (χ1n) is 5.40. The predicted molar refractivity (Wildman–Crippen MR) is 69.4 cm³/mol. The maximum absolute atomic E-state index is 13.5. The molecule has 0 aliphatic rings. The van der Waals surface area contributed by atoms with Gasteiger partial charge in [0.25, 0.3) is 0 Å². The van der Waals surface area contributed by atoms with Crippen molar-refractivity contribution in [2.75, 3.05) is 26.4 Å². The van der Waals surface area contributed by atoms with Gasteiger partial charge in [-0.25, -0.2) is 17.5 Å². The van der Waals surface area contributed by atoms with E-state index in [0.717, 1.165) is 12.1 Å². The number of nitrogens with one attached hydrogen (secondary N) is 1. The summed E-state index contributed by atoms with van der Waals surface area (Å²) >= 11 is 0. The smallest absolute Gasteiger partial charge is 0.241 e. The van der Waals surface area contributed by atoms with Gasteiger partial charge in [-0.2, -0.15) is 0 Å². The number of hydrogen-bond acceptors (Lipinski definition) is 4. The van der Waals surface area contributed by atoms with Crippen LogP contribution in [0, 0.1) is 12.7 Å². The van der Waals surface area contributed by atoms with E-state index in [1.54, 1.807) is 0 Å². The number of anilines is 1. The normalized spacial score (nSPS) is 11.4. The number of hydrogen-bond donors (Lipinski definition) is 2. The number of carbonyl (C=O) groups excluding carboxylic acids is 1. The summed E-state index contributed by atoms with van der Waals surface area (Å²) < 4.78 is 39.5. The van der Waals surface area contributed by atoms with Gasteiger partial charge in [0.1, 0.15) is 5.82 Å². The zero-order valence-corrected chi connectivity index (χ0v) is 11.7. The second kappa shape index (κ2) is 5.54. The van der Waals surface area contributed by atoms with Crippen molar-refractivity contribution in [3.8, 4) is 0 Å². The number of benzene rings is 1. The van der Waals surface area contributed by atoms with Gasteiger partial charge in [0.15, 0.2) is 0 Å². The molecule has 0 heterocycles. The van der Waals surface area contributed by atoms with Gasteiger partial charge in [-0.05, 0) is 19.1 Å². The zero-order chi connectivity index (χ0) is 14.8. The summed E-state index contributed by atoms with van der Waals surface area (Å²) in [5, 5.41) is 0. The highest BCUT2D eigenvalue weighted by Gasteiger charge is 2.21. The van der Waals surface area contributed by atoms with Crippen LogP contribution in [0.5, 0.6) is 0 Å². The number of nitrogens with zero attached hydrogens (tertiary/aromatic N) is 1. The lowest BCUT2D eigenvalue weighted by Gasteiger charge is -2.13. The Morgan fingerprint density at radius 3 is 2.53 bits per heavy atom. The fourth-order valence-corrected chi connectivity index (χ4v) is 2.61. The van der Waals surface area contributed by atoms with E-state index in [1.807, 2.05) is 0 Å². The summed E-state index contributed by atoms with van der Waals surface area (Å²) in [5.74, 6) is -1.12. The standard InChI is InChI=1S/C11H16FN3O3S/c1-7-9(12)4-8(13)5-10(7)19(17,18)14-6-11(16)15(2)3/h4-5,14H,6,13H2,1-3H3. The molecular formula is C11H16FN3O3S. The van der Waals surface area contributed by atoms with Crippen LogP contribution in [0.15, 0.2) is 17.0 Å². The lowest BCUT2D eigenvalue weighted by molar-refractivity contribution is -0.127. The number of nitrogens with two attached hydrogens (primary N) is 1. The van der Waals surface area contributed by atoms with Crippen LogP contribution in [-0.4, -0.2) is 39.9 Å². The van der Waals surface area contributed by atoms with E-state index >= 15 is 0 Å². The predicted octanol–water partition coefficient (Wildman–Crippen LogP) is 0.0828. The molecule has 8 heteroatoms. The summed E-state index contributed by atoms with van der Waals surface area (Å²) in [7, 11) is -0.978. The first-order valence-corrected chi connectivity index (χ1v) is 6.89. The molecule has 0 saturated heterocycles. The minimum Gasteiger partial charge on any atom is -0.399 e. The third-order valence-corrected chi connectivity index (χ3v) is 4.05. The molecule has 0 unspecified atom stereocenters. The van der Waals surface area contributed by atoms with Gasteiger partial charge in [0, 0.05) is 25.3 Å². The average Bonchev–Trinajstić information content (AvgIpc) is 2.30. The molecule has 0 aliphatic carbocycles. The molecule has 106 valence electrons. The lowest BCUT2D eigenvalue weighted by atomic mass is 10.2. The van der Waals surface area contributed by atoms with Gasteiger partial charge >= 0.3 is 0 Å². The first kappa shape index (κ1) is 15.4. The van der Waals surface area contributed by atoms with E-state index in [0.29, 0.717) is 0 Å². The number of likely N-dealkylation sites (N-methyl/N-ethyl adjacent to an activating group) is 1. The van der Waals surface area contributed by atoms with Crippen LogP contribution in [-0.2, 0) is 14.8 Å². The molecule has 1 amide bonds. The minimum absolute atomic E-state index is 0.00223. The maximum Gasteiger partial charge on any atom is 0.241 e. The van der Waals surface area contributed by atoms with Gasteiger partial charge in [-0.3, -0.25) is 4.79 Å². The van der Waals surface area contributed by atoms with Gasteiger partial charge < -0.3 is 10.6 Å². The van der Waals surface area contributed by atoms with E-state index < -0.39 is 28.3 Å². The summed E-state index contributed by atoms with van der Waals surface area (Å²) in [6.45, 7) is 0.933. The Balaban J connectivity index is 3.05. The quantitative estimate of drug-likeness (QED) is 0.768. The van der Waals surface area contributed by atoms with E-state index in [4.69, 9.17) is 5.73 Å². The van der Waals surface area contributed by atoms with Crippen molar-refractivity contribution in [1.82, 2.24) is 9.62 Å². The van der Waals surface area contributed by atoms with Crippen molar-refractivity contribution in [3.63, 3.8) is 0 Å². The fourth-order valence-electron chi connectivity index (χ4n) is 1.35. The molecule has 0 aliphatic heterocycles. The Bertz CT molecular complexity index is 599. The van der Waals surface area contributed by atoms with E-state index in [2.05, 4.69) is 4.72 Å². The number of halogens is 1. The Labute approximate surface area is 111 Å². The van der Waals surface area contributed by atoms with Crippen LogP contribution >= 0.6 is 0 Å². The van der Waals surface area contributed by atoms with Crippen LogP contribution < -0.4 is 10.5 Å². The molecule has 0 fully saturated rings. The third-order valence-electron chi connectivity index (χ3n) is 2.52. The SMILES string of the molecule is Cc1c(F)cc(N)cc1S(=O)(=O)NCC(=O)N(C)C. The summed E-state index contributed by atoms with van der Waals surface area (Å²) in [5.41, 5.74) is 5.38. The number of sulfonamides is 1. The average molecular weight is 289 g/mol. The van der Waals surface area contributed by atoms with Crippen molar-refractivity contribution < 1.29 is 17.6 Å². The minimum atomic E-state index is -3.98. The van der Waals surface area contributed by atoms with Crippen molar-refractivity contribution >= 4 is 21.6 Å². The van der Waals surface area contributed by atoms with Crippen molar-refractivity contribution in [1.29, 1.82) is 0 Å². The molecule has 0 bridgehead atoms. The topological polar surface area (TPSA) is 92.5 Å². The Hall–Kier alpha value is -1.67. The van der Waals surface area contributed by atoms with Gasteiger partial charge in [0.05, 0.1) is 11.4 Å². The molecule has 6 nitrogen and oxygen atoms in total. The first-order chi connectivity index (χ1) is 8.65. The van der Waals surface area contributed by atoms with E-state index in [-0.39, 0.29) is 16.1 Å². The molecule has 0 spiro atoms.